The third-order valence-corrected chi connectivity index (χ3v) is 3.87. The van der Waals surface area contributed by atoms with Crippen LogP contribution in [0.25, 0.3) is 11.3 Å². The molecule has 3 aromatic rings. The minimum absolute atomic E-state index is 0.514. The third kappa shape index (κ3) is 4.55. The molecule has 0 amide bonds. The lowest BCUT2D eigenvalue weighted by Crippen LogP contribution is -2.06. The van der Waals surface area contributed by atoms with Crippen molar-refractivity contribution in [3.8, 4) is 22.8 Å². The average Bonchev–Trinajstić information content (AvgIpc) is 2.72. The Morgan fingerprint density at radius 1 is 1.00 bits per heavy atom. The van der Waals surface area contributed by atoms with Crippen LogP contribution in [0.1, 0.15) is 0 Å². The monoisotopic (exact) mass is 362 g/mol. The second-order valence-electron chi connectivity index (χ2n) is 5.69. The van der Waals surface area contributed by atoms with Gasteiger partial charge >= 0.3 is 0 Å². The number of nitrogens with zero attached hydrogens (tertiary/aromatic N) is 2. The number of aromatic nitrogens is 2. The number of anilines is 3. The van der Waals surface area contributed by atoms with Gasteiger partial charge in [-0.1, -0.05) is 36.4 Å². The standard InChI is InChI=1S/C21H22N4O2/c1-4-12-22-21-24-17(15-8-6-5-7-9-15)14-20(25-21)23-18-13-16(26-2)10-11-19(18)27-3/h4-11,13-14H,1,12H2,2-3H3,(H2,22,23,24,25). The van der Waals surface area contributed by atoms with Gasteiger partial charge in [0.05, 0.1) is 25.6 Å². The van der Waals surface area contributed by atoms with Crippen LogP contribution in [0.5, 0.6) is 11.5 Å². The number of hydrogen-bond donors (Lipinski definition) is 2. The molecular weight excluding hydrogens is 340 g/mol. The first-order chi connectivity index (χ1) is 13.2. The quantitative estimate of drug-likeness (QED) is 0.575. The van der Waals surface area contributed by atoms with E-state index in [1.165, 1.54) is 0 Å². The second kappa shape index (κ2) is 8.71. The van der Waals surface area contributed by atoms with Crippen LogP contribution in [-0.2, 0) is 0 Å². The Labute approximate surface area is 158 Å². The molecule has 0 aliphatic carbocycles. The Kier molecular flexibility index (Phi) is 5.89. The Morgan fingerprint density at radius 3 is 2.52 bits per heavy atom. The van der Waals surface area contributed by atoms with E-state index in [2.05, 4.69) is 27.2 Å². The Morgan fingerprint density at radius 2 is 1.81 bits per heavy atom. The van der Waals surface area contributed by atoms with E-state index in [0.717, 1.165) is 22.7 Å². The van der Waals surface area contributed by atoms with Gasteiger partial charge in [-0.25, -0.2) is 4.98 Å². The minimum atomic E-state index is 0.514. The SMILES string of the molecule is C=CCNc1nc(Nc2cc(OC)ccc2OC)cc(-c2ccccc2)n1. The van der Waals surface area contributed by atoms with Crippen LogP contribution in [0.3, 0.4) is 0 Å². The van der Waals surface area contributed by atoms with Crippen LogP contribution < -0.4 is 20.1 Å². The first-order valence-corrected chi connectivity index (χ1v) is 8.52. The van der Waals surface area contributed by atoms with Gasteiger partial charge in [0.1, 0.15) is 17.3 Å². The van der Waals surface area contributed by atoms with Gasteiger partial charge in [-0.05, 0) is 12.1 Å². The molecule has 6 heteroatoms. The maximum absolute atomic E-state index is 5.44. The summed E-state index contributed by atoms with van der Waals surface area (Å²) < 4.78 is 10.7. The highest BCUT2D eigenvalue weighted by Crippen LogP contribution is 2.32. The Hall–Kier alpha value is -3.54. The average molecular weight is 362 g/mol. The van der Waals surface area contributed by atoms with E-state index in [0.29, 0.717) is 24.1 Å². The highest BCUT2D eigenvalue weighted by molar-refractivity contribution is 5.71. The lowest BCUT2D eigenvalue weighted by Gasteiger charge is -2.14. The Balaban J connectivity index is 2.00. The molecule has 2 aromatic carbocycles. The summed E-state index contributed by atoms with van der Waals surface area (Å²) in [5.74, 6) is 2.57. The normalized spacial score (nSPS) is 10.1. The maximum atomic E-state index is 5.44. The summed E-state index contributed by atoms with van der Waals surface area (Å²) in [6.45, 7) is 4.29. The van der Waals surface area contributed by atoms with Gasteiger partial charge in [0, 0.05) is 24.2 Å². The van der Waals surface area contributed by atoms with E-state index in [9.17, 15) is 0 Å². The van der Waals surface area contributed by atoms with Crippen molar-refractivity contribution in [1.29, 1.82) is 0 Å². The maximum Gasteiger partial charge on any atom is 0.225 e. The van der Waals surface area contributed by atoms with Gasteiger partial charge in [-0.15, -0.1) is 6.58 Å². The van der Waals surface area contributed by atoms with Gasteiger partial charge in [0.15, 0.2) is 0 Å². The molecule has 1 aromatic heterocycles. The van der Waals surface area contributed by atoms with Crippen LogP contribution >= 0.6 is 0 Å². The van der Waals surface area contributed by atoms with E-state index in [-0.39, 0.29) is 0 Å². The lowest BCUT2D eigenvalue weighted by atomic mass is 10.1. The predicted octanol–water partition coefficient (Wildman–Crippen LogP) is 4.50. The number of nitrogens with one attached hydrogen (secondary N) is 2. The molecule has 0 aliphatic rings. The number of hydrogen-bond acceptors (Lipinski definition) is 6. The van der Waals surface area contributed by atoms with Crippen LogP contribution in [0.4, 0.5) is 17.5 Å². The summed E-state index contributed by atoms with van der Waals surface area (Å²) in [6, 6.07) is 17.4. The molecule has 0 saturated heterocycles. The van der Waals surface area contributed by atoms with Gasteiger partial charge in [0.2, 0.25) is 5.95 Å². The fraction of sp³-hybridized carbons (Fsp3) is 0.143. The number of rotatable bonds is 8. The van der Waals surface area contributed by atoms with Crippen molar-refractivity contribution in [3.05, 3.63) is 67.3 Å². The predicted molar refractivity (Wildman–Crippen MR) is 109 cm³/mol. The molecular formula is C21H22N4O2. The molecule has 0 bridgehead atoms. The van der Waals surface area contributed by atoms with E-state index < -0.39 is 0 Å². The van der Waals surface area contributed by atoms with E-state index in [1.807, 2.05) is 54.6 Å². The van der Waals surface area contributed by atoms with Crippen molar-refractivity contribution in [2.24, 2.45) is 0 Å². The van der Waals surface area contributed by atoms with Crippen LogP contribution in [-0.4, -0.2) is 30.7 Å². The lowest BCUT2D eigenvalue weighted by molar-refractivity contribution is 0.405. The molecule has 0 aliphatic heterocycles. The van der Waals surface area contributed by atoms with E-state index in [4.69, 9.17) is 9.47 Å². The molecule has 6 nitrogen and oxygen atoms in total. The van der Waals surface area contributed by atoms with Crippen molar-refractivity contribution < 1.29 is 9.47 Å². The zero-order valence-corrected chi connectivity index (χ0v) is 15.4. The summed E-state index contributed by atoms with van der Waals surface area (Å²) in [4.78, 5) is 9.14. The first kappa shape index (κ1) is 18.3. The largest absolute Gasteiger partial charge is 0.497 e. The van der Waals surface area contributed by atoms with Crippen LogP contribution in [0.2, 0.25) is 0 Å². The summed E-state index contributed by atoms with van der Waals surface area (Å²) in [5, 5.41) is 6.45. The topological polar surface area (TPSA) is 68.3 Å². The molecule has 0 unspecified atom stereocenters. The molecule has 2 N–H and O–H groups in total. The number of ether oxygens (including phenoxy) is 2. The molecule has 138 valence electrons. The van der Waals surface area contributed by atoms with Gasteiger partial charge in [-0.2, -0.15) is 4.98 Å². The summed E-state index contributed by atoms with van der Waals surface area (Å²) in [5.41, 5.74) is 2.56. The van der Waals surface area contributed by atoms with Crippen molar-refractivity contribution in [2.75, 3.05) is 31.4 Å². The van der Waals surface area contributed by atoms with Crippen LogP contribution in [0, 0.1) is 0 Å². The number of benzene rings is 2. The molecule has 0 saturated carbocycles. The fourth-order valence-electron chi connectivity index (χ4n) is 2.56. The molecule has 0 atom stereocenters. The summed E-state index contributed by atoms with van der Waals surface area (Å²) >= 11 is 0. The zero-order valence-electron chi connectivity index (χ0n) is 15.4. The van der Waals surface area contributed by atoms with Crippen molar-refractivity contribution >= 4 is 17.5 Å². The Bertz CT molecular complexity index is 913. The van der Waals surface area contributed by atoms with Gasteiger partial charge in [-0.3, -0.25) is 0 Å². The molecule has 0 fully saturated rings. The second-order valence-corrected chi connectivity index (χ2v) is 5.69. The molecule has 1 heterocycles. The molecule has 3 rings (SSSR count). The van der Waals surface area contributed by atoms with Crippen molar-refractivity contribution in [1.82, 2.24) is 9.97 Å². The smallest absolute Gasteiger partial charge is 0.225 e. The van der Waals surface area contributed by atoms with Crippen molar-refractivity contribution in [2.45, 2.75) is 0 Å². The fourth-order valence-corrected chi connectivity index (χ4v) is 2.56. The van der Waals surface area contributed by atoms with Gasteiger partial charge < -0.3 is 20.1 Å². The summed E-state index contributed by atoms with van der Waals surface area (Å²) in [7, 11) is 3.25. The van der Waals surface area contributed by atoms with E-state index in [1.54, 1.807) is 20.3 Å². The van der Waals surface area contributed by atoms with E-state index >= 15 is 0 Å². The zero-order chi connectivity index (χ0) is 19.1. The molecule has 0 spiro atoms. The van der Waals surface area contributed by atoms with Gasteiger partial charge in [0.25, 0.3) is 0 Å². The summed E-state index contributed by atoms with van der Waals surface area (Å²) in [6.07, 6.45) is 1.76. The number of methoxy groups -OCH3 is 2. The highest BCUT2D eigenvalue weighted by Gasteiger charge is 2.10. The minimum Gasteiger partial charge on any atom is -0.497 e. The third-order valence-electron chi connectivity index (χ3n) is 3.87. The van der Waals surface area contributed by atoms with Crippen LogP contribution in [0.15, 0.2) is 67.3 Å². The highest BCUT2D eigenvalue weighted by atomic mass is 16.5. The van der Waals surface area contributed by atoms with Crippen molar-refractivity contribution in [3.63, 3.8) is 0 Å². The molecule has 0 radical (unpaired) electrons. The molecule has 27 heavy (non-hydrogen) atoms. The first-order valence-electron chi connectivity index (χ1n) is 8.52.